The van der Waals surface area contributed by atoms with Gasteiger partial charge in [0.2, 0.25) is 0 Å². The molecule has 0 amide bonds. The van der Waals surface area contributed by atoms with Crippen molar-refractivity contribution in [2.75, 3.05) is 44.7 Å². The molecule has 1 fully saturated rings. The van der Waals surface area contributed by atoms with E-state index in [-0.39, 0.29) is 0 Å². The van der Waals surface area contributed by atoms with Gasteiger partial charge in [-0.15, -0.1) is 11.3 Å². The van der Waals surface area contributed by atoms with Crippen LogP contribution >= 0.6 is 11.3 Å². The lowest BCUT2D eigenvalue weighted by atomic mass is 10.2. The van der Waals surface area contributed by atoms with Crippen LogP contribution in [-0.4, -0.2) is 50.7 Å². The molecule has 2 heterocycles. The number of para-hydroxylation sites is 1. The van der Waals surface area contributed by atoms with Gasteiger partial charge in [-0.2, -0.15) is 0 Å². The Morgan fingerprint density at radius 3 is 2.64 bits per heavy atom. The van der Waals surface area contributed by atoms with E-state index in [0.717, 1.165) is 43.5 Å². The molecule has 134 valence electrons. The van der Waals surface area contributed by atoms with E-state index in [1.54, 1.807) is 11.3 Å². The fraction of sp³-hybridized carbons (Fsp3) is 0.421. The number of ether oxygens (including phenoxy) is 1. The van der Waals surface area contributed by atoms with Crippen molar-refractivity contribution < 1.29 is 4.74 Å². The quantitative estimate of drug-likeness (QED) is 0.659. The van der Waals surface area contributed by atoms with Crippen molar-refractivity contribution in [3.05, 3.63) is 47.3 Å². The number of benzene rings is 1. The number of hydrogen-bond acceptors (Lipinski definition) is 4. The van der Waals surface area contributed by atoms with Crippen molar-refractivity contribution in [1.82, 2.24) is 10.2 Å². The molecule has 1 aliphatic rings. The van der Waals surface area contributed by atoms with Gasteiger partial charge in [0.25, 0.3) is 0 Å². The first-order valence-corrected chi connectivity index (χ1v) is 9.64. The number of thiophene rings is 1. The molecule has 1 N–H and O–H groups in total. The summed E-state index contributed by atoms with van der Waals surface area (Å²) >= 11 is 1.81. The van der Waals surface area contributed by atoms with Crippen molar-refractivity contribution in [2.45, 2.75) is 13.5 Å². The lowest BCUT2D eigenvalue weighted by Crippen LogP contribution is -2.52. The predicted molar refractivity (Wildman–Crippen MR) is 106 cm³/mol. The SMILES string of the molecule is CCOc1ccccc1CNC(=NC)N1CCN(c2cccs2)CC1. The first kappa shape index (κ1) is 17.6. The topological polar surface area (TPSA) is 40.1 Å². The highest BCUT2D eigenvalue weighted by molar-refractivity contribution is 7.14. The van der Waals surface area contributed by atoms with E-state index in [2.05, 4.69) is 43.7 Å². The lowest BCUT2D eigenvalue weighted by Gasteiger charge is -2.37. The summed E-state index contributed by atoms with van der Waals surface area (Å²) in [5.41, 5.74) is 1.16. The molecule has 2 aromatic rings. The minimum Gasteiger partial charge on any atom is -0.494 e. The van der Waals surface area contributed by atoms with E-state index < -0.39 is 0 Å². The molecule has 1 aromatic heterocycles. The van der Waals surface area contributed by atoms with Gasteiger partial charge in [0.15, 0.2) is 5.96 Å². The van der Waals surface area contributed by atoms with E-state index in [0.29, 0.717) is 13.2 Å². The Morgan fingerprint density at radius 2 is 1.96 bits per heavy atom. The summed E-state index contributed by atoms with van der Waals surface area (Å²) in [6, 6.07) is 12.5. The summed E-state index contributed by atoms with van der Waals surface area (Å²) in [5.74, 6) is 1.90. The number of anilines is 1. The van der Waals surface area contributed by atoms with Crippen molar-refractivity contribution in [2.24, 2.45) is 4.99 Å². The monoisotopic (exact) mass is 358 g/mol. The first-order valence-electron chi connectivity index (χ1n) is 8.76. The van der Waals surface area contributed by atoms with Crippen molar-refractivity contribution in [3.8, 4) is 5.75 Å². The maximum atomic E-state index is 5.70. The Balaban J connectivity index is 1.55. The molecule has 0 radical (unpaired) electrons. The molecule has 1 saturated heterocycles. The number of guanidine groups is 1. The summed E-state index contributed by atoms with van der Waals surface area (Å²) in [6.07, 6.45) is 0. The Hall–Kier alpha value is -2.21. The number of piperazine rings is 1. The van der Waals surface area contributed by atoms with Gasteiger partial charge in [-0.1, -0.05) is 18.2 Å². The van der Waals surface area contributed by atoms with Crippen LogP contribution in [0, 0.1) is 0 Å². The third kappa shape index (κ3) is 4.45. The summed E-state index contributed by atoms with van der Waals surface area (Å²) in [5, 5.41) is 6.98. The molecule has 3 rings (SSSR count). The minimum atomic E-state index is 0.677. The summed E-state index contributed by atoms with van der Waals surface area (Å²) in [4.78, 5) is 9.24. The van der Waals surface area contributed by atoms with Crippen LogP contribution in [0.15, 0.2) is 46.8 Å². The lowest BCUT2D eigenvalue weighted by molar-refractivity contribution is 0.335. The van der Waals surface area contributed by atoms with Crippen LogP contribution < -0.4 is 15.0 Å². The number of hydrogen-bond donors (Lipinski definition) is 1. The highest BCUT2D eigenvalue weighted by atomic mass is 32.1. The fourth-order valence-corrected chi connectivity index (χ4v) is 3.83. The molecule has 25 heavy (non-hydrogen) atoms. The average Bonchev–Trinajstić information content (AvgIpc) is 3.19. The minimum absolute atomic E-state index is 0.677. The van der Waals surface area contributed by atoms with Gasteiger partial charge in [0.1, 0.15) is 5.75 Å². The van der Waals surface area contributed by atoms with Crippen LogP contribution in [0.3, 0.4) is 0 Å². The van der Waals surface area contributed by atoms with Crippen LogP contribution in [0.2, 0.25) is 0 Å². The van der Waals surface area contributed by atoms with Crippen LogP contribution in [0.25, 0.3) is 0 Å². The first-order chi connectivity index (χ1) is 12.3. The largest absolute Gasteiger partial charge is 0.494 e. The number of nitrogens with one attached hydrogen (secondary N) is 1. The summed E-state index contributed by atoms with van der Waals surface area (Å²) in [6.45, 7) is 7.41. The molecule has 1 aliphatic heterocycles. The van der Waals surface area contributed by atoms with Crippen molar-refractivity contribution in [3.63, 3.8) is 0 Å². The second kappa shape index (κ2) is 8.76. The molecule has 0 bridgehead atoms. The maximum absolute atomic E-state index is 5.70. The van der Waals surface area contributed by atoms with E-state index in [9.17, 15) is 0 Å². The Labute approximate surface area is 153 Å². The molecule has 0 aliphatic carbocycles. The second-order valence-electron chi connectivity index (χ2n) is 5.87. The van der Waals surface area contributed by atoms with Crippen molar-refractivity contribution in [1.29, 1.82) is 0 Å². The van der Waals surface area contributed by atoms with Crippen LogP contribution in [0.4, 0.5) is 5.00 Å². The second-order valence-corrected chi connectivity index (χ2v) is 6.79. The number of nitrogens with zero attached hydrogens (tertiary/aromatic N) is 3. The molecule has 5 nitrogen and oxygen atoms in total. The average molecular weight is 359 g/mol. The smallest absolute Gasteiger partial charge is 0.194 e. The molecule has 0 saturated carbocycles. The third-order valence-electron chi connectivity index (χ3n) is 4.32. The number of aliphatic imine (C=N–C) groups is 1. The van der Waals surface area contributed by atoms with Crippen LogP contribution in [-0.2, 0) is 6.54 Å². The van der Waals surface area contributed by atoms with Gasteiger partial charge in [0.05, 0.1) is 11.6 Å². The van der Waals surface area contributed by atoms with Gasteiger partial charge < -0.3 is 19.9 Å². The van der Waals surface area contributed by atoms with Crippen LogP contribution in [0.5, 0.6) is 5.75 Å². The maximum Gasteiger partial charge on any atom is 0.194 e. The van der Waals surface area contributed by atoms with E-state index in [4.69, 9.17) is 4.74 Å². The standard InChI is InChI=1S/C19H26N4OS/c1-3-24-17-8-5-4-7-16(17)15-21-19(20-2)23-12-10-22(11-13-23)18-9-6-14-25-18/h4-9,14H,3,10-13,15H2,1-2H3,(H,20,21). The van der Waals surface area contributed by atoms with E-state index >= 15 is 0 Å². The Kier molecular flexibility index (Phi) is 6.17. The van der Waals surface area contributed by atoms with Gasteiger partial charge in [-0.3, -0.25) is 4.99 Å². The Morgan fingerprint density at radius 1 is 1.16 bits per heavy atom. The predicted octanol–water partition coefficient (Wildman–Crippen LogP) is 3.04. The fourth-order valence-electron chi connectivity index (χ4n) is 3.04. The van der Waals surface area contributed by atoms with Crippen LogP contribution in [0.1, 0.15) is 12.5 Å². The van der Waals surface area contributed by atoms with E-state index in [1.807, 2.05) is 32.2 Å². The number of rotatable bonds is 5. The molecule has 0 spiro atoms. The molecule has 0 unspecified atom stereocenters. The zero-order chi connectivity index (χ0) is 17.5. The van der Waals surface area contributed by atoms with Gasteiger partial charge in [-0.05, 0) is 30.5 Å². The zero-order valence-corrected chi connectivity index (χ0v) is 15.8. The normalized spacial score (nSPS) is 15.4. The molecule has 1 aromatic carbocycles. The summed E-state index contributed by atoms with van der Waals surface area (Å²) in [7, 11) is 1.85. The summed E-state index contributed by atoms with van der Waals surface area (Å²) < 4.78 is 5.70. The van der Waals surface area contributed by atoms with E-state index in [1.165, 1.54) is 5.00 Å². The molecule has 6 heteroatoms. The highest BCUT2D eigenvalue weighted by Crippen LogP contribution is 2.22. The Bertz CT molecular complexity index is 678. The van der Waals surface area contributed by atoms with Gasteiger partial charge in [-0.25, -0.2) is 0 Å². The molecular weight excluding hydrogens is 332 g/mol. The molecular formula is C19H26N4OS. The van der Waals surface area contributed by atoms with Gasteiger partial charge in [0, 0.05) is 45.3 Å². The van der Waals surface area contributed by atoms with Gasteiger partial charge >= 0.3 is 0 Å². The highest BCUT2D eigenvalue weighted by Gasteiger charge is 2.20. The molecule has 0 atom stereocenters. The third-order valence-corrected chi connectivity index (χ3v) is 5.25. The zero-order valence-electron chi connectivity index (χ0n) is 14.9. The van der Waals surface area contributed by atoms with Crippen molar-refractivity contribution >= 4 is 22.3 Å².